The predicted molar refractivity (Wildman–Crippen MR) is 160 cm³/mol. The van der Waals surface area contributed by atoms with Crippen molar-refractivity contribution in [3.8, 4) is 12.1 Å². The summed E-state index contributed by atoms with van der Waals surface area (Å²) in [5, 5.41) is 9.51. The molecule has 222 valence electrons. The summed E-state index contributed by atoms with van der Waals surface area (Å²) in [4.78, 5) is 30.9. The van der Waals surface area contributed by atoms with Crippen LogP contribution in [-0.4, -0.2) is 96.4 Å². The number of alkyl halides is 1. The van der Waals surface area contributed by atoms with Gasteiger partial charge >= 0.3 is 6.01 Å². The maximum absolute atomic E-state index is 14.0. The van der Waals surface area contributed by atoms with E-state index in [1.54, 1.807) is 4.90 Å². The number of likely N-dealkylation sites (tertiary alicyclic amines) is 1. The van der Waals surface area contributed by atoms with Crippen LogP contribution in [0.25, 0.3) is 0 Å². The normalized spacial score (nSPS) is 25.9. The summed E-state index contributed by atoms with van der Waals surface area (Å²) >= 11 is 0. The van der Waals surface area contributed by atoms with Gasteiger partial charge < -0.3 is 19.4 Å². The zero-order chi connectivity index (χ0) is 29.2. The maximum atomic E-state index is 14.0. The fourth-order valence-electron chi connectivity index (χ4n) is 7.20. The molecule has 2 fully saturated rings. The zero-order valence-electron chi connectivity index (χ0n) is 24.4. The molecule has 3 aliphatic heterocycles. The number of benzene rings is 1. The molecule has 0 bridgehead atoms. The lowest BCUT2D eigenvalue weighted by Crippen LogP contribution is -2.55. The van der Waals surface area contributed by atoms with E-state index in [2.05, 4.69) is 46.7 Å². The summed E-state index contributed by atoms with van der Waals surface area (Å²) in [7, 11) is 1.92. The Bertz CT molecular complexity index is 1360. The van der Waals surface area contributed by atoms with E-state index in [4.69, 9.17) is 14.7 Å². The number of nitriles is 1. The van der Waals surface area contributed by atoms with Crippen molar-refractivity contribution >= 4 is 17.4 Å². The number of rotatable bonds is 7. The number of carbonyl (C=O) groups excluding carboxylic acids is 1. The molecule has 0 N–H and O–H groups in total. The van der Waals surface area contributed by atoms with Gasteiger partial charge in [-0.05, 0) is 56.9 Å². The number of aryl methyl sites for hydroxylation is 1. The van der Waals surface area contributed by atoms with E-state index in [0.717, 1.165) is 55.7 Å². The molecule has 0 saturated carbocycles. The molecule has 2 saturated heterocycles. The molecule has 9 nitrogen and oxygen atoms in total. The van der Waals surface area contributed by atoms with Crippen LogP contribution in [-0.2, 0) is 24.1 Å². The Hall–Kier alpha value is -3.71. The largest absolute Gasteiger partial charge is 0.462 e. The number of halogens is 1. The minimum atomic E-state index is -0.844. The molecule has 1 aromatic carbocycles. The second-order valence-corrected chi connectivity index (χ2v) is 12.0. The first kappa shape index (κ1) is 28.4. The maximum Gasteiger partial charge on any atom is 0.318 e. The van der Waals surface area contributed by atoms with Crippen LogP contribution in [0.4, 0.5) is 15.9 Å². The highest BCUT2D eigenvalue weighted by Gasteiger charge is 2.36. The summed E-state index contributed by atoms with van der Waals surface area (Å²) in [5.41, 5.74) is 4.86. The van der Waals surface area contributed by atoms with Gasteiger partial charge in [0.25, 0.3) is 0 Å². The quantitative estimate of drug-likeness (QED) is 0.467. The van der Waals surface area contributed by atoms with Gasteiger partial charge in [0.2, 0.25) is 5.91 Å². The molecule has 0 radical (unpaired) electrons. The Morgan fingerprint density at radius 3 is 2.83 bits per heavy atom. The van der Waals surface area contributed by atoms with Crippen molar-refractivity contribution in [1.29, 1.82) is 5.26 Å². The van der Waals surface area contributed by atoms with Gasteiger partial charge in [0.15, 0.2) is 0 Å². The number of hydrogen-bond donors (Lipinski definition) is 0. The van der Waals surface area contributed by atoms with Gasteiger partial charge in [-0.15, -0.1) is 0 Å². The van der Waals surface area contributed by atoms with E-state index in [-0.39, 0.29) is 24.4 Å². The molecule has 4 heterocycles. The summed E-state index contributed by atoms with van der Waals surface area (Å²) in [6.45, 7) is 7.02. The SMILES string of the molecule is C=CC(=O)N1CCN(c2nc(OC[C@@H]3C[C@@H](F)CN3C)nc3c2CCC(N2CCCc4ccccc42)C3)C[C@@H]1CC#N. The van der Waals surface area contributed by atoms with Crippen molar-refractivity contribution in [3.05, 3.63) is 53.7 Å². The minimum absolute atomic E-state index is 0.0193. The van der Waals surface area contributed by atoms with Crippen LogP contribution in [0.3, 0.4) is 0 Å². The number of amides is 1. The van der Waals surface area contributed by atoms with Crippen LogP contribution in [0.15, 0.2) is 36.9 Å². The summed E-state index contributed by atoms with van der Waals surface area (Å²) in [6, 6.07) is 11.3. The van der Waals surface area contributed by atoms with Gasteiger partial charge in [-0.2, -0.15) is 15.2 Å². The molecule has 4 atom stereocenters. The molecule has 1 aromatic heterocycles. The first-order valence-electron chi connectivity index (χ1n) is 15.2. The van der Waals surface area contributed by atoms with E-state index in [0.29, 0.717) is 51.3 Å². The van der Waals surface area contributed by atoms with Crippen molar-refractivity contribution in [3.63, 3.8) is 0 Å². The van der Waals surface area contributed by atoms with Crippen LogP contribution in [0.2, 0.25) is 0 Å². The minimum Gasteiger partial charge on any atom is -0.462 e. The average Bonchev–Trinajstić information content (AvgIpc) is 3.34. The predicted octanol–water partition coefficient (Wildman–Crippen LogP) is 3.32. The third-order valence-corrected chi connectivity index (χ3v) is 9.40. The third-order valence-electron chi connectivity index (χ3n) is 9.40. The second kappa shape index (κ2) is 12.3. The summed E-state index contributed by atoms with van der Waals surface area (Å²) < 4.78 is 20.2. The Morgan fingerprint density at radius 1 is 1.19 bits per heavy atom. The number of fused-ring (bicyclic) bond motifs is 2. The van der Waals surface area contributed by atoms with E-state index in [9.17, 15) is 14.4 Å². The summed E-state index contributed by atoms with van der Waals surface area (Å²) in [5.74, 6) is 0.685. The Labute approximate surface area is 247 Å². The molecule has 1 unspecified atom stereocenters. The number of carbonyl (C=O) groups is 1. The fraction of sp³-hybridized carbons (Fsp3) is 0.562. The molecule has 10 heteroatoms. The van der Waals surface area contributed by atoms with Gasteiger partial charge in [-0.3, -0.25) is 9.69 Å². The molecule has 0 spiro atoms. The number of ether oxygens (including phenoxy) is 1. The molecule has 4 aliphatic rings. The van der Waals surface area contributed by atoms with Crippen molar-refractivity contribution in [2.75, 3.05) is 56.2 Å². The number of hydrogen-bond acceptors (Lipinski definition) is 8. The lowest BCUT2D eigenvalue weighted by molar-refractivity contribution is -0.128. The first-order valence-corrected chi connectivity index (χ1v) is 15.2. The third kappa shape index (κ3) is 5.67. The van der Waals surface area contributed by atoms with Crippen LogP contribution >= 0.6 is 0 Å². The lowest BCUT2D eigenvalue weighted by atomic mass is 9.88. The van der Waals surface area contributed by atoms with Crippen LogP contribution in [0.1, 0.15) is 42.5 Å². The Morgan fingerprint density at radius 2 is 2.05 bits per heavy atom. The van der Waals surface area contributed by atoms with Crippen LogP contribution in [0.5, 0.6) is 6.01 Å². The number of para-hydroxylation sites is 1. The molecular weight excluding hydrogens is 533 g/mol. The lowest BCUT2D eigenvalue weighted by Gasteiger charge is -2.43. The van der Waals surface area contributed by atoms with Crippen molar-refractivity contribution in [2.45, 2.75) is 69.2 Å². The van der Waals surface area contributed by atoms with Gasteiger partial charge in [-0.25, -0.2) is 4.39 Å². The summed E-state index contributed by atoms with van der Waals surface area (Å²) in [6.07, 6.45) is 6.05. The smallest absolute Gasteiger partial charge is 0.318 e. The van der Waals surface area contributed by atoms with Gasteiger partial charge in [0.05, 0.1) is 24.2 Å². The Kier molecular flexibility index (Phi) is 8.29. The number of likely N-dealkylation sites (N-methyl/N-ethyl adjacent to an activating group) is 1. The van der Waals surface area contributed by atoms with E-state index in [1.165, 1.54) is 17.3 Å². The number of piperazine rings is 1. The highest BCUT2D eigenvalue weighted by Crippen LogP contribution is 2.37. The fourth-order valence-corrected chi connectivity index (χ4v) is 7.20. The van der Waals surface area contributed by atoms with Crippen LogP contribution < -0.4 is 14.5 Å². The van der Waals surface area contributed by atoms with E-state index >= 15 is 0 Å². The average molecular weight is 574 g/mol. The first-order chi connectivity index (χ1) is 20.4. The van der Waals surface area contributed by atoms with Gasteiger partial charge in [0.1, 0.15) is 18.6 Å². The number of anilines is 2. The molecule has 6 rings (SSSR count). The van der Waals surface area contributed by atoms with E-state index < -0.39 is 6.17 Å². The standard InChI is InChI=1S/C32H40FN7O2/c1-3-30(41)40-16-15-38(20-25(40)12-13-34)31-27-11-10-24(39-14-6-8-22-7-4-5-9-29(22)39)18-28(27)35-32(36-31)42-21-26-17-23(33)19-37(26)2/h3-5,7,9,23-26H,1,6,8,10-12,14-21H2,2H3/t23-,24?,25+,26+/m1/s1. The van der Waals surface area contributed by atoms with Crippen LogP contribution in [0, 0.1) is 11.3 Å². The highest BCUT2D eigenvalue weighted by atomic mass is 19.1. The highest BCUT2D eigenvalue weighted by molar-refractivity contribution is 5.87. The molecule has 42 heavy (non-hydrogen) atoms. The zero-order valence-corrected chi connectivity index (χ0v) is 24.4. The molecule has 1 aliphatic carbocycles. The van der Waals surface area contributed by atoms with Crippen molar-refractivity contribution < 1.29 is 13.9 Å². The Balaban J connectivity index is 1.29. The molecule has 2 aromatic rings. The number of nitrogens with zero attached hydrogens (tertiary/aromatic N) is 7. The molecular formula is C32H40FN7O2. The number of aromatic nitrogens is 2. The van der Waals surface area contributed by atoms with Crippen molar-refractivity contribution in [2.24, 2.45) is 0 Å². The molecule has 1 amide bonds. The van der Waals surface area contributed by atoms with E-state index in [1.807, 2.05) is 11.9 Å². The second-order valence-electron chi connectivity index (χ2n) is 12.0. The topological polar surface area (TPSA) is 88.8 Å². The van der Waals surface area contributed by atoms with Crippen molar-refractivity contribution in [1.82, 2.24) is 19.8 Å². The van der Waals surface area contributed by atoms with Gasteiger partial charge in [0, 0.05) is 62.5 Å². The van der Waals surface area contributed by atoms with Gasteiger partial charge in [-0.1, -0.05) is 24.8 Å². The monoisotopic (exact) mass is 573 g/mol.